The van der Waals surface area contributed by atoms with Crippen molar-refractivity contribution in [3.8, 4) is 0 Å². The number of hydrogen-bond donors (Lipinski definition) is 3. The third-order valence-corrected chi connectivity index (χ3v) is 15.9. The number of aliphatic hydroxyl groups excluding tert-OH is 1. The monoisotopic (exact) mass is 1170 g/mol. The molecule has 0 aromatic heterocycles. The van der Waals surface area contributed by atoms with Gasteiger partial charge in [-0.3, -0.25) is 37.3 Å². The Kier molecular flexibility index (Phi) is 50.4. The second-order valence-electron chi connectivity index (χ2n) is 22.9. The zero-order valence-corrected chi connectivity index (χ0v) is 52.6. The molecule has 0 amide bonds. The summed E-state index contributed by atoms with van der Waals surface area (Å²) in [4.78, 5) is 71.9. The van der Waals surface area contributed by atoms with Crippen LogP contribution in [-0.4, -0.2) is 96.7 Å². The summed E-state index contributed by atoms with van der Waals surface area (Å²) in [5.74, 6) is -0.00461. The lowest BCUT2D eigenvalue weighted by Gasteiger charge is -2.21. The van der Waals surface area contributed by atoms with Crippen LogP contribution in [0.1, 0.15) is 286 Å². The molecule has 6 atom stereocenters. The molecule has 0 spiro atoms. The maximum Gasteiger partial charge on any atom is 0.472 e. The molecule has 468 valence electrons. The quantitative estimate of drug-likeness (QED) is 0.0222. The second kappa shape index (κ2) is 51.7. The molecule has 17 nitrogen and oxygen atoms in total. The first kappa shape index (κ1) is 77.1. The first-order valence-corrected chi connectivity index (χ1v) is 34.4. The van der Waals surface area contributed by atoms with E-state index in [1.54, 1.807) is 0 Å². The predicted octanol–water partition coefficient (Wildman–Crippen LogP) is 15.9. The summed E-state index contributed by atoms with van der Waals surface area (Å²) in [6.45, 7) is 11.6. The van der Waals surface area contributed by atoms with Crippen LogP contribution in [0.5, 0.6) is 0 Å². The number of carbonyl (C=O) groups excluding carboxylic acids is 4. The highest BCUT2D eigenvalue weighted by atomic mass is 31.2. The molecule has 3 unspecified atom stereocenters. The summed E-state index contributed by atoms with van der Waals surface area (Å²) < 4.78 is 67.7. The van der Waals surface area contributed by atoms with E-state index in [4.69, 9.17) is 37.0 Å². The Labute approximate surface area is 479 Å². The van der Waals surface area contributed by atoms with Gasteiger partial charge in [-0.1, -0.05) is 235 Å². The van der Waals surface area contributed by atoms with Crippen molar-refractivity contribution in [2.24, 2.45) is 17.8 Å². The van der Waals surface area contributed by atoms with Crippen LogP contribution in [-0.2, 0) is 65.4 Å². The Hall–Kier alpha value is -1.94. The SMILES string of the molecule is CCCCCCCCCCC(=O)OC[C@H](COP(=O)(O)OC[C@H](O)COP(=O)(O)OC[C@@H](COC(=O)CCCCCCCCCC(C)C)OC(=O)CCCCCCCCCCC(C)C)OC(=O)CCCCCCCCC(C)CC. The van der Waals surface area contributed by atoms with Crippen LogP contribution in [0.4, 0.5) is 0 Å². The van der Waals surface area contributed by atoms with E-state index in [0.717, 1.165) is 115 Å². The first-order valence-electron chi connectivity index (χ1n) is 31.4. The topological polar surface area (TPSA) is 237 Å². The van der Waals surface area contributed by atoms with Gasteiger partial charge in [-0.25, -0.2) is 9.13 Å². The summed E-state index contributed by atoms with van der Waals surface area (Å²) >= 11 is 0. The van der Waals surface area contributed by atoms with Crippen molar-refractivity contribution in [1.29, 1.82) is 0 Å². The lowest BCUT2D eigenvalue weighted by atomic mass is 10.00. The van der Waals surface area contributed by atoms with Gasteiger partial charge in [0, 0.05) is 25.7 Å². The average molecular weight is 1170 g/mol. The molecule has 0 fully saturated rings. The van der Waals surface area contributed by atoms with E-state index >= 15 is 0 Å². The fourth-order valence-electron chi connectivity index (χ4n) is 8.74. The van der Waals surface area contributed by atoms with Gasteiger partial charge in [0.05, 0.1) is 26.4 Å². The van der Waals surface area contributed by atoms with Crippen molar-refractivity contribution in [3.05, 3.63) is 0 Å². The fraction of sp³-hybridized carbons (Fsp3) is 0.933. The van der Waals surface area contributed by atoms with Crippen LogP contribution in [0.25, 0.3) is 0 Å². The van der Waals surface area contributed by atoms with Crippen molar-refractivity contribution >= 4 is 39.5 Å². The van der Waals surface area contributed by atoms with E-state index in [-0.39, 0.29) is 25.7 Å². The zero-order chi connectivity index (χ0) is 58.8. The van der Waals surface area contributed by atoms with E-state index in [2.05, 4.69) is 48.5 Å². The van der Waals surface area contributed by atoms with Crippen molar-refractivity contribution < 1.29 is 80.2 Å². The van der Waals surface area contributed by atoms with E-state index in [0.29, 0.717) is 31.6 Å². The molecule has 0 aliphatic rings. The van der Waals surface area contributed by atoms with Gasteiger partial charge in [-0.2, -0.15) is 0 Å². The maximum absolute atomic E-state index is 12.9. The highest BCUT2D eigenvalue weighted by molar-refractivity contribution is 7.47. The summed E-state index contributed by atoms with van der Waals surface area (Å²) in [7, 11) is -9.88. The molecule has 0 aromatic carbocycles. The van der Waals surface area contributed by atoms with E-state index in [9.17, 15) is 43.2 Å². The number of aliphatic hydroxyl groups is 1. The van der Waals surface area contributed by atoms with E-state index in [1.165, 1.54) is 83.5 Å². The van der Waals surface area contributed by atoms with Crippen molar-refractivity contribution in [3.63, 3.8) is 0 Å². The van der Waals surface area contributed by atoms with Crippen molar-refractivity contribution in [2.45, 2.75) is 304 Å². The minimum atomic E-state index is -4.94. The molecule has 19 heteroatoms. The molecule has 0 aliphatic carbocycles. The van der Waals surface area contributed by atoms with Crippen molar-refractivity contribution in [2.75, 3.05) is 39.6 Å². The lowest BCUT2D eigenvalue weighted by Crippen LogP contribution is -2.30. The van der Waals surface area contributed by atoms with Gasteiger partial charge in [0.15, 0.2) is 12.2 Å². The van der Waals surface area contributed by atoms with Gasteiger partial charge in [0.25, 0.3) is 0 Å². The predicted molar refractivity (Wildman–Crippen MR) is 312 cm³/mol. The third-order valence-electron chi connectivity index (χ3n) is 14.0. The number of rotatable bonds is 58. The number of hydrogen-bond acceptors (Lipinski definition) is 15. The molecule has 0 radical (unpaired) electrons. The van der Waals surface area contributed by atoms with Crippen LogP contribution in [0.2, 0.25) is 0 Å². The molecule has 3 N–H and O–H groups in total. The molecule has 0 bridgehead atoms. The van der Waals surface area contributed by atoms with Gasteiger partial charge < -0.3 is 33.8 Å². The summed E-state index contributed by atoms with van der Waals surface area (Å²) in [5.41, 5.74) is 0. The van der Waals surface area contributed by atoms with Crippen LogP contribution in [0.3, 0.4) is 0 Å². The second-order valence-corrected chi connectivity index (χ2v) is 25.8. The molecule has 0 aromatic rings. The molecule has 79 heavy (non-hydrogen) atoms. The number of phosphoric acid groups is 2. The molecule has 0 heterocycles. The molecule has 0 saturated carbocycles. The first-order chi connectivity index (χ1) is 37.8. The number of esters is 4. The fourth-order valence-corrected chi connectivity index (χ4v) is 10.3. The summed E-state index contributed by atoms with van der Waals surface area (Å²) in [5, 5.41) is 10.5. The van der Waals surface area contributed by atoms with Crippen LogP contribution < -0.4 is 0 Å². The lowest BCUT2D eigenvalue weighted by molar-refractivity contribution is -0.161. The third kappa shape index (κ3) is 53.8. The normalized spacial score (nSPS) is 14.8. The van der Waals surface area contributed by atoms with Crippen LogP contribution >= 0.6 is 15.6 Å². The summed E-state index contributed by atoms with van der Waals surface area (Å²) in [6, 6.07) is 0. The number of carbonyl (C=O) groups is 4. The van der Waals surface area contributed by atoms with Gasteiger partial charge in [0.2, 0.25) is 0 Å². The van der Waals surface area contributed by atoms with Crippen LogP contribution in [0.15, 0.2) is 0 Å². The molecule has 0 rings (SSSR count). The van der Waals surface area contributed by atoms with E-state index < -0.39 is 97.5 Å². The highest BCUT2D eigenvalue weighted by Gasteiger charge is 2.30. The molecular weight excluding hydrogens is 1050 g/mol. The smallest absolute Gasteiger partial charge is 0.462 e. The van der Waals surface area contributed by atoms with Gasteiger partial charge in [-0.15, -0.1) is 0 Å². The molecule has 0 aliphatic heterocycles. The standard InChI is InChI=1S/C60H116O17P2/c1-8-10-11-12-13-19-27-34-41-57(62)70-48-56(77-60(65)44-37-30-23-22-26-33-40-53(7)9-2)50-75-79(68,69)73-46-54(61)45-72-78(66,67)74-49-55(47-71-58(63)42-35-28-21-16-18-25-32-39-52(5)6)76-59(64)43-36-29-20-15-14-17-24-31-38-51(3)4/h51-56,61H,8-50H2,1-7H3,(H,66,67)(H,68,69)/t53?,54-,55-,56-/m1/s1. The highest BCUT2D eigenvalue weighted by Crippen LogP contribution is 2.45. The Morgan fingerprint density at radius 1 is 0.367 bits per heavy atom. The number of phosphoric ester groups is 2. The van der Waals surface area contributed by atoms with Crippen LogP contribution in [0, 0.1) is 17.8 Å². The Bertz CT molecular complexity index is 1580. The number of unbranched alkanes of at least 4 members (excludes halogenated alkanes) is 25. The van der Waals surface area contributed by atoms with Gasteiger partial charge in [-0.05, 0) is 43.4 Å². The largest absolute Gasteiger partial charge is 0.472 e. The Morgan fingerprint density at radius 2 is 0.646 bits per heavy atom. The minimum absolute atomic E-state index is 0.102. The maximum atomic E-state index is 12.9. The minimum Gasteiger partial charge on any atom is -0.462 e. The number of ether oxygens (including phenoxy) is 4. The summed E-state index contributed by atoms with van der Waals surface area (Å²) in [6.07, 6.45) is 30.9. The van der Waals surface area contributed by atoms with Crippen molar-refractivity contribution in [1.82, 2.24) is 0 Å². The Morgan fingerprint density at radius 3 is 0.962 bits per heavy atom. The zero-order valence-electron chi connectivity index (χ0n) is 50.8. The van der Waals surface area contributed by atoms with Gasteiger partial charge >= 0.3 is 39.5 Å². The Balaban J connectivity index is 5.24. The molecular formula is C60H116O17P2. The average Bonchev–Trinajstić information content (AvgIpc) is 3.40. The molecule has 0 saturated heterocycles. The van der Waals surface area contributed by atoms with Gasteiger partial charge in [0.1, 0.15) is 19.3 Å². The van der Waals surface area contributed by atoms with E-state index in [1.807, 2.05) is 0 Å².